The predicted molar refractivity (Wildman–Crippen MR) is 134 cm³/mol. The molecule has 1 aliphatic rings. The van der Waals surface area contributed by atoms with E-state index in [2.05, 4.69) is 38.3 Å². The molecular formula is C20H31FIN7S. The average molecular weight is 547 g/mol. The van der Waals surface area contributed by atoms with E-state index in [9.17, 15) is 4.39 Å². The van der Waals surface area contributed by atoms with E-state index >= 15 is 0 Å². The maximum Gasteiger partial charge on any atom is 0.205 e. The summed E-state index contributed by atoms with van der Waals surface area (Å²) in [6, 6.07) is 5.31. The van der Waals surface area contributed by atoms with Crippen LogP contribution in [0.1, 0.15) is 25.2 Å². The predicted octanol–water partition coefficient (Wildman–Crippen LogP) is 3.21. The zero-order valence-corrected chi connectivity index (χ0v) is 21.2. The second kappa shape index (κ2) is 11.6. The third-order valence-electron chi connectivity index (χ3n) is 4.86. The third kappa shape index (κ3) is 6.16. The number of benzene rings is 1. The van der Waals surface area contributed by atoms with Gasteiger partial charge in [-0.3, -0.25) is 0 Å². The number of aliphatic imine (C=N–C) groups is 1. The molecule has 0 saturated carbocycles. The first-order valence-electron chi connectivity index (χ1n) is 10.1. The molecule has 1 aliphatic heterocycles. The van der Waals surface area contributed by atoms with Crippen molar-refractivity contribution in [2.45, 2.75) is 26.8 Å². The molecule has 10 heteroatoms. The Morgan fingerprint density at radius 3 is 2.53 bits per heavy atom. The normalized spacial score (nSPS) is 14.5. The Morgan fingerprint density at radius 1 is 1.23 bits per heavy atom. The highest BCUT2D eigenvalue weighted by Gasteiger charge is 2.22. The number of guanidine groups is 1. The van der Waals surface area contributed by atoms with Crippen molar-refractivity contribution in [1.82, 2.24) is 19.6 Å². The summed E-state index contributed by atoms with van der Waals surface area (Å²) in [6.07, 6.45) is 0.865. The minimum Gasteiger partial charge on any atom is -0.375 e. The van der Waals surface area contributed by atoms with Crippen LogP contribution in [0.4, 0.5) is 15.2 Å². The van der Waals surface area contributed by atoms with Gasteiger partial charge in [0.05, 0.1) is 12.2 Å². The lowest BCUT2D eigenvalue weighted by molar-refractivity contribution is 0.372. The molecule has 30 heavy (non-hydrogen) atoms. The monoisotopic (exact) mass is 547 g/mol. The van der Waals surface area contributed by atoms with Crippen LogP contribution in [0.15, 0.2) is 23.2 Å². The van der Waals surface area contributed by atoms with Gasteiger partial charge in [-0.2, -0.15) is 4.37 Å². The molecule has 1 fully saturated rings. The lowest BCUT2D eigenvalue weighted by atomic mass is 10.2. The highest BCUT2D eigenvalue weighted by atomic mass is 127. The third-order valence-corrected chi connectivity index (χ3v) is 5.68. The maximum absolute atomic E-state index is 14.2. The van der Waals surface area contributed by atoms with Crippen LogP contribution < -0.4 is 15.1 Å². The van der Waals surface area contributed by atoms with Gasteiger partial charge in [-0.25, -0.2) is 14.4 Å². The standard InChI is InChI=1S/C20H30FN7S.HI/c1-5-18-24-20(29-25-18)28-11-9-27(10-12-28)19(22-6-2)23-14-15-7-8-17(26(3)4)16(21)13-15;/h7-8,13H,5-6,9-12,14H2,1-4H3,(H,22,23);1H. The summed E-state index contributed by atoms with van der Waals surface area (Å²) in [6.45, 7) is 8.87. The molecule has 2 aromatic rings. The molecule has 7 nitrogen and oxygen atoms in total. The van der Waals surface area contributed by atoms with Crippen molar-refractivity contribution >= 4 is 52.3 Å². The maximum atomic E-state index is 14.2. The molecule has 3 rings (SSSR count). The van der Waals surface area contributed by atoms with Gasteiger partial charge in [-0.05, 0) is 24.6 Å². The second-order valence-corrected chi connectivity index (χ2v) is 7.90. The number of nitrogens with one attached hydrogen (secondary N) is 1. The van der Waals surface area contributed by atoms with Gasteiger partial charge in [-0.1, -0.05) is 13.0 Å². The molecule has 0 aliphatic carbocycles. The molecule has 0 radical (unpaired) electrons. The van der Waals surface area contributed by atoms with Gasteiger partial charge in [0, 0.05) is 64.8 Å². The molecule has 0 unspecified atom stereocenters. The zero-order chi connectivity index (χ0) is 20.8. The number of nitrogens with zero attached hydrogens (tertiary/aromatic N) is 6. The second-order valence-electron chi connectivity index (χ2n) is 7.17. The summed E-state index contributed by atoms with van der Waals surface area (Å²) in [4.78, 5) is 15.6. The van der Waals surface area contributed by atoms with E-state index in [1.807, 2.05) is 20.2 Å². The van der Waals surface area contributed by atoms with Crippen molar-refractivity contribution in [3.8, 4) is 0 Å². The van der Waals surface area contributed by atoms with Crippen LogP contribution in [-0.4, -0.2) is 67.0 Å². The minimum atomic E-state index is -0.218. The van der Waals surface area contributed by atoms with Crippen molar-refractivity contribution in [2.24, 2.45) is 4.99 Å². The Hall–Kier alpha value is -1.69. The summed E-state index contributed by atoms with van der Waals surface area (Å²) in [5, 5.41) is 4.36. The fraction of sp³-hybridized carbons (Fsp3) is 0.550. The Morgan fingerprint density at radius 2 is 1.97 bits per heavy atom. The molecule has 2 heterocycles. The van der Waals surface area contributed by atoms with Gasteiger partial charge in [0.25, 0.3) is 0 Å². The number of rotatable bonds is 6. The van der Waals surface area contributed by atoms with Crippen molar-refractivity contribution < 1.29 is 4.39 Å². The highest BCUT2D eigenvalue weighted by Crippen LogP contribution is 2.20. The Balaban J connectivity index is 0.00000320. The van der Waals surface area contributed by atoms with Gasteiger partial charge >= 0.3 is 0 Å². The van der Waals surface area contributed by atoms with Crippen LogP contribution in [0.2, 0.25) is 0 Å². The van der Waals surface area contributed by atoms with E-state index < -0.39 is 0 Å². The first kappa shape index (κ1) is 24.6. The Bertz CT molecular complexity index is 834. The Kier molecular flexibility index (Phi) is 9.53. The average Bonchev–Trinajstić information content (AvgIpc) is 3.20. The zero-order valence-electron chi connectivity index (χ0n) is 18.1. The van der Waals surface area contributed by atoms with Gasteiger partial charge < -0.3 is 20.0 Å². The van der Waals surface area contributed by atoms with Crippen LogP contribution in [-0.2, 0) is 13.0 Å². The Labute approximate surface area is 199 Å². The van der Waals surface area contributed by atoms with Gasteiger partial charge in [0.15, 0.2) is 5.96 Å². The number of aromatic nitrogens is 2. The molecule has 1 aromatic carbocycles. The first-order valence-corrected chi connectivity index (χ1v) is 10.9. The van der Waals surface area contributed by atoms with E-state index in [4.69, 9.17) is 4.99 Å². The molecular weight excluding hydrogens is 516 g/mol. The van der Waals surface area contributed by atoms with E-state index in [1.54, 1.807) is 17.0 Å². The van der Waals surface area contributed by atoms with E-state index in [0.29, 0.717) is 12.2 Å². The van der Waals surface area contributed by atoms with Crippen LogP contribution in [0.25, 0.3) is 0 Å². The molecule has 0 atom stereocenters. The van der Waals surface area contributed by atoms with Crippen molar-refractivity contribution in [3.05, 3.63) is 35.4 Å². The molecule has 1 N–H and O–H groups in total. The quantitative estimate of drug-likeness (QED) is 0.341. The molecule has 0 amide bonds. The van der Waals surface area contributed by atoms with Gasteiger partial charge in [0.2, 0.25) is 5.13 Å². The number of hydrogen-bond donors (Lipinski definition) is 1. The smallest absolute Gasteiger partial charge is 0.205 e. The summed E-state index contributed by atoms with van der Waals surface area (Å²) < 4.78 is 18.6. The van der Waals surface area contributed by atoms with Gasteiger partial charge in [0.1, 0.15) is 11.6 Å². The van der Waals surface area contributed by atoms with Crippen LogP contribution in [0, 0.1) is 5.82 Å². The SMILES string of the molecule is CCNC(=NCc1ccc(N(C)C)c(F)c1)N1CCN(c2nc(CC)ns2)CC1.I. The van der Waals surface area contributed by atoms with Crippen molar-refractivity contribution in [2.75, 3.05) is 56.6 Å². The summed E-state index contributed by atoms with van der Waals surface area (Å²) in [5.74, 6) is 1.57. The van der Waals surface area contributed by atoms with Gasteiger partial charge in [-0.15, -0.1) is 24.0 Å². The first-order chi connectivity index (χ1) is 14.0. The van der Waals surface area contributed by atoms with Crippen molar-refractivity contribution in [1.29, 1.82) is 0 Å². The summed E-state index contributed by atoms with van der Waals surface area (Å²) >= 11 is 1.47. The summed E-state index contributed by atoms with van der Waals surface area (Å²) in [7, 11) is 3.67. The number of anilines is 2. The number of aryl methyl sites for hydroxylation is 1. The fourth-order valence-corrected chi connectivity index (χ4v) is 4.03. The van der Waals surface area contributed by atoms with E-state index in [0.717, 1.165) is 61.6 Å². The molecule has 166 valence electrons. The number of halogens is 2. The fourth-order valence-electron chi connectivity index (χ4n) is 3.23. The highest BCUT2D eigenvalue weighted by molar-refractivity contribution is 14.0. The molecule has 0 spiro atoms. The molecule has 1 saturated heterocycles. The van der Waals surface area contributed by atoms with Crippen LogP contribution >= 0.6 is 35.5 Å². The van der Waals surface area contributed by atoms with Crippen molar-refractivity contribution in [3.63, 3.8) is 0 Å². The molecule has 0 bridgehead atoms. The molecule has 1 aromatic heterocycles. The topological polar surface area (TPSA) is 59.9 Å². The largest absolute Gasteiger partial charge is 0.375 e. The number of piperazine rings is 1. The number of hydrogen-bond acceptors (Lipinski definition) is 6. The van der Waals surface area contributed by atoms with Crippen LogP contribution in [0.5, 0.6) is 0 Å². The lowest BCUT2D eigenvalue weighted by Gasteiger charge is -2.36. The van der Waals surface area contributed by atoms with E-state index in [-0.39, 0.29) is 29.8 Å². The lowest BCUT2D eigenvalue weighted by Crippen LogP contribution is -2.52. The minimum absolute atomic E-state index is 0. The van der Waals surface area contributed by atoms with Crippen LogP contribution in [0.3, 0.4) is 0 Å². The summed E-state index contributed by atoms with van der Waals surface area (Å²) in [5.41, 5.74) is 1.45. The van der Waals surface area contributed by atoms with E-state index in [1.165, 1.54) is 11.5 Å².